The first-order valence-electron chi connectivity index (χ1n) is 5.95. The molecular weight excluding hydrogens is 262 g/mol. The third-order valence-corrected chi connectivity index (χ3v) is 3.61. The van der Waals surface area contributed by atoms with Crippen molar-refractivity contribution in [2.24, 2.45) is 0 Å². The Morgan fingerprint density at radius 2 is 2.25 bits per heavy atom. The molecule has 0 spiro atoms. The van der Waals surface area contributed by atoms with E-state index in [4.69, 9.17) is 0 Å². The van der Waals surface area contributed by atoms with Crippen molar-refractivity contribution in [2.45, 2.75) is 32.7 Å². The summed E-state index contributed by atoms with van der Waals surface area (Å²) in [7, 11) is 0. The third-order valence-electron chi connectivity index (χ3n) is 3.12. The summed E-state index contributed by atoms with van der Waals surface area (Å²) in [5.41, 5.74) is 1.45. The molecule has 1 unspecified atom stereocenters. The van der Waals surface area contributed by atoms with Crippen molar-refractivity contribution >= 4 is 15.9 Å². The Kier molecular flexibility index (Phi) is 4.04. The summed E-state index contributed by atoms with van der Waals surface area (Å²) < 4.78 is 1.19. The van der Waals surface area contributed by atoms with E-state index in [1.54, 1.807) is 0 Å². The molecule has 1 aliphatic rings. The summed E-state index contributed by atoms with van der Waals surface area (Å²) >= 11 is 3.56. The lowest BCUT2D eigenvalue weighted by Gasteiger charge is -2.26. The van der Waals surface area contributed by atoms with Crippen LogP contribution < -0.4 is 0 Å². The minimum atomic E-state index is 0.618. The van der Waals surface area contributed by atoms with E-state index >= 15 is 0 Å². The van der Waals surface area contributed by atoms with Gasteiger partial charge in [0.2, 0.25) is 0 Å². The maximum absolute atomic E-state index is 3.56. The molecule has 1 radical (unpaired) electrons. The molecule has 0 amide bonds. The quantitative estimate of drug-likeness (QED) is 0.802. The average molecular weight is 281 g/mol. The van der Waals surface area contributed by atoms with Crippen LogP contribution in [-0.2, 0) is 0 Å². The smallest absolute Gasteiger partial charge is 0.0349 e. The molecule has 1 heterocycles. The van der Waals surface area contributed by atoms with Crippen LogP contribution >= 0.6 is 15.9 Å². The van der Waals surface area contributed by atoms with Gasteiger partial charge in [-0.15, -0.1) is 0 Å². The molecule has 1 fully saturated rings. The van der Waals surface area contributed by atoms with Crippen molar-refractivity contribution in [3.63, 3.8) is 0 Å². The first-order valence-corrected chi connectivity index (χ1v) is 6.74. The summed E-state index contributed by atoms with van der Waals surface area (Å²) in [4.78, 5) is 2.59. The summed E-state index contributed by atoms with van der Waals surface area (Å²) in [6, 6.07) is 9.36. The fourth-order valence-electron chi connectivity index (χ4n) is 2.51. The van der Waals surface area contributed by atoms with E-state index in [0.29, 0.717) is 6.04 Å². The Morgan fingerprint density at radius 1 is 1.44 bits per heavy atom. The largest absolute Gasteiger partial charge is 0.296 e. The van der Waals surface area contributed by atoms with E-state index in [1.807, 2.05) is 0 Å². The SMILES string of the molecule is C[C](C)CN1CCCC1c1cccc(Br)c1. The molecule has 0 aromatic heterocycles. The maximum atomic E-state index is 3.56. The molecule has 16 heavy (non-hydrogen) atoms. The van der Waals surface area contributed by atoms with Crippen LogP contribution in [0.4, 0.5) is 0 Å². The van der Waals surface area contributed by atoms with Gasteiger partial charge in [0, 0.05) is 17.1 Å². The number of hydrogen-bond acceptors (Lipinski definition) is 1. The van der Waals surface area contributed by atoms with Crippen molar-refractivity contribution in [3.05, 3.63) is 40.2 Å². The molecule has 87 valence electrons. The summed E-state index contributed by atoms with van der Waals surface area (Å²) in [5.74, 6) is 1.50. The van der Waals surface area contributed by atoms with E-state index in [0.717, 1.165) is 6.54 Å². The molecule has 1 saturated heterocycles. The van der Waals surface area contributed by atoms with Crippen LogP contribution in [0.15, 0.2) is 28.7 Å². The Hall–Kier alpha value is -0.340. The minimum absolute atomic E-state index is 0.618. The van der Waals surface area contributed by atoms with E-state index in [1.165, 1.54) is 35.3 Å². The van der Waals surface area contributed by atoms with Gasteiger partial charge >= 0.3 is 0 Å². The van der Waals surface area contributed by atoms with Crippen molar-refractivity contribution in [2.75, 3.05) is 13.1 Å². The number of benzene rings is 1. The Balaban J connectivity index is 2.13. The minimum Gasteiger partial charge on any atom is -0.296 e. The normalized spacial score (nSPS) is 21.9. The number of hydrogen-bond donors (Lipinski definition) is 0. The van der Waals surface area contributed by atoms with Gasteiger partial charge in [0.1, 0.15) is 0 Å². The standard InChI is InChI=1S/C14H19BrN/c1-11(2)10-16-8-4-7-14(16)12-5-3-6-13(15)9-12/h3,5-6,9,14H,4,7-8,10H2,1-2H3. The van der Waals surface area contributed by atoms with Gasteiger partial charge in [0.25, 0.3) is 0 Å². The van der Waals surface area contributed by atoms with Crippen LogP contribution in [0.5, 0.6) is 0 Å². The number of nitrogens with zero attached hydrogens (tertiary/aromatic N) is 1. The second kappa shape index (κ2) is 5.33. The summed E-state index contributed by atoms with van der Waals surface area (Å²) in [6.45, 7) is 6.81. The van der Waals surface area contributed by atoms with Crippen LogP contribution in [0.3, 0.4) is 0 Å². The zero-order valence-electron chi connectivity index (χ0n) is 10.0. The van der Waals surface area contributed by atoms with Crippen molar-refractivity contribution in [3.8, 4) is 0 Å². The zero-order chi connectivity index (χ0) is 11.5. The van der Waals surface area contributed by atoms with Crippen LogP contribution in [0.2, 0.25) is 0 Å². The molecule has 1 nitrogen and oxygen atoms in total. The number of likely N-dealkylation sites (tertiary alicyclic amines) is 1. The van der Waals surface area contributed by atoms with E-state index in [9.17, 15) is 0 Å². The highest BCUT2D eigenvalue weighted by Gasteiger charge is 2.26. The lowest BCUT2D eigenvalue weighted by molar-refractivity contribution is 0.267. The summed E-state index contributed by atoms with van der Waals surface area (Å²) in [5, 5.41) is 0. The monoisotopic (exact) mass is 280 g/mol. The average Bonchev–Trinajstić information content (AvgIpc) is 2.65. The Bertz CT molecular complexity index is 348. The maximum Gasteiger partial charge on any atom is 0.0349 e. The molecule has 0 saturated carbocycles. The van der Waals surface area contributed by atoms with Crippen LogP contribution in [0, 0.1) is 5.92 Å². The first kappa shape index (κ1) is 12.1. The molecule has 1 aromatic carbocycles. The van der Waals surface area contributed by atoms with E-state index in [2.05, 4.69) is 58.9 Å². The second-order valence-corrected chi connectivity index (χ2v) is 5.81. The van der Waals surface area contributed by atoms with Gasteiger partial charge in [-0.25, -0.2) is 0 Å². The van der Waals surface area contributed by atoms with E-state index < -0.39 is 0 Å². The van der Waals surface area contributed by atoms with Gasteiger partial charge in [0.15, 0.2) is 0 Å². The molecule has 0 N–H and O–H groups in total. The van der Waals surface area contributed by atoms with Gasteiger partial charge < -0.3 is 0 Å². The third kappa shape index (κ3) is 2.86. The lowest BCUT2D eigenvalue weighted by atomic mass is 10.0. The fraction of sp³-hybridized carbons (Fsp3) is 0.500. The van der Waals surface area contributed by atoms with E-state index in [-0.39, 0.29) is 0 Å². The van der Waals surface area contributed by atoms with Crippen molar-refractivity contribution in [1.82, 2.24) is 4.90 Å². The topological polar surface area (TPSA) is 3.24 Å². The molecule has 2 rings (SSSR count). The predicted octanol–water partition coefficient (Wildman–Crippen LogP) is 4.20. The number of halogens is 1. The zero-order valence-corrected chi connectivity index (χ0v) is 11.6. The molecule has 2 heteroatoms. The van der Waals surface area contributed by atoms with Crippen molar-refractivity contribution < 1.29 is 0 Å². The fourth-order valence-corrected chi connectivity index (χ4v) is 2.93. The van der Waals surface area contributed by atoms with Gasteiger partial charge in [-0.3, -0.25) is 4.90 Å². The second-order valence-electron chi connectivity index (χ2n) is 4.89. The van der Waals surface area contributed by atoms with Crippen LogP contribution in [0.25, 0.3) is 0 Å². The summed E-state index contributed by atoms with van der Waals surface area (Å²) in [6.07, 6.45) is 2.62. The highest BCUT2D eigenvalue weighted by atomic mass is 79.9. The highest BCUT2D eigenvalue weighted by Crippen LogP contribution is 2.33. The van der Waals surface area contributed by atoms with Gasteiger partial charge in [-0.05, 0) is 43.0 Å². The highest BCUT2D eigenvalue weighted by molar-refractivity contribution is 9.10. The van der Waals surface area contributed by atoms with Crippen LogP contribution in [-0.4, -0.2) is 18.0 Å². The number of rotatable bonds is 3. The van der Waals surface area contributed by atoms with Gasteiger partial charge in [-0.1, -0.05) is 41.9 Å². The Morgan fingerprint density at radius 3 is 2.94 bits per heavy atom. The van der Waals surface area contributed by atoms with Crippen molar-refractivity contribution in [1.29, 1.82) is 0 Å². The molecule has 1 aliphatic heterocycles. The molecule has 0 bridgehead atoms. The lowest BCUT2D eigenvalue weighted by Crippen LogP contribution is -2.26. The molecule has 1 aromatic rings. The van der Waals surface area contributed by atoms with Crippen LogP contribution in [0.1, 0.15) is 38.3 Å². The molecule has 0 aliphatic carbocycles. The first-order chi connectivity index (χ1) is 7.66. The predicted molar refractivity (Wildman–Crippen MR) is 72.3 cm³/mol. The van der Waals surface area contributed by atoms with Gasteiger partial charge in [0.05, 0.1) is 0 Å². The molecular formula is C14H19BrN. The Labute approximate surface area is 107 Å². The van der Waals surface area contributed by atoms with Gasteiger partial charge in [-0.2, -0.15) is 0 Å². The molecule has 1 atom stereocenters.